The molecule has 2 amide bonds. The van der Waals surface area contributed by atoms with Gasteiger partial charge < -0.3 is 4.90 Å². The van der Waals surface area contributed by atoms with Crippen LogP contribution >= 0.6 is 12.2 Å². The van der Waals surface area contributed by atoms with E-state index in [0.29, 0.717) is 23.4 Å². The van der Waals surface area contributed by atoms with Crippen LogP contribution < -0.4 is 5.43 Å². The summed E-state index contributed by atoms with van der Waals surface area (Å²) in [4.78, 5) is 26.8. The maximum atomic E-state index is 12.6. The molecule has 2 aromatic rings. The van der Waals surface area contributed by atoms with Crippen molar-refractivity contribution in [3.05, 3.63) is 46.5 Å². The van der Waals surface area contributed by atoms with Crippen LogP contribution in [-0.4, -0.2) is 44.7 Å². The minimum Gasteiger partial charge on any atom is -0.338 e. The van der Waals surface area contributed by atoms with E-state index < -0.39 is 0 Å². The number of piperidine rings is 1. The first kappa shape index (κ1) is 16.4. The molecule has 0 aliphatic carbocycles. The molecular formula is C16H19N5O2S. The van der Waals surface area contributed by atoms with Crippen LogP contribution in [0.2, 0.25) is 0 Å². The highest BCUT2D eigenvalue weighted by molar-refractivity contribution is 7.71. The highest BCUT2D eigenvalue weighted by atomic mass is 32.1. The molecule has 0 bridgehead atoms. The summed E-state index contributed by atoms with van der Waals surface area (Å²) in [6.45, 7) is 3.06. The molecule has 0 saturated carbocycles. The van der Waals surface area contributed by atoms with Crippen molar-refractivity contribution in [1.29, 1.82) is 0 Å². The van der Waals surface area contributed by atoms with E-state index in [-0.39, 0.29) is 17.7 Å². The van der Waals surface area contributed by atoms with Gasteiger partial charge in [-0.05, 0) is 44.1 Å². The third-order valence-corrected chi connectivity index (χ3v) is 4.45. The lowest BCUT2D eigenvalue weighted by atomic mass is 9.96. The molecule has 0 radical (unpaired) electrons. The molecule has 2 heterocycles. The number of nitrogens with one attached hydrogen (secondary N) is 2. The van der Waals surface area contributed by atoms with Gasteiger partial charge in [-0.1, -0.05) is 17.7 Å². The van der Waals surface area contributed by atoms with Crippen LogP contribution in [0, 0.1) is 17.6 Å². The Hall–Kier alpha value is -2.48. The van der Waals surface area contributed by atoms with Gasteiger partial charge in [-0.15, -0.1) is 0 Å². The number of amides is 2. The topological polar surface area (TPSA) is 83.0 Å². The third kappa shape index (κ3) is 3.53. The zero-order chi connectivity index (χ0) is 17.1. The number of carbonyl (C=O) groups is 2. The van der Waals surface area contributed by atoms with E-state index in [9.17, 15) is 9.59 Å². The number of rotatable bonds is 3. The van der Waals surface area contributed by atoms with Gasteiger partial charge in [0.2, 0.25) is 10.7 Å². The van der Waals surface area contributed by atoms with Gasteiger partial charge in [-0.3, -0.25) is 20.1 Å². The number of hydrogen-bond donors (Lipinski definition) is 2. The summed E-state index contributed by atoms with van der Waals surface area (Å²) < 4.78 is 1.70. The molecular weight excluding hydrogens is 326 g/mol. The Labute approximate surface area is 144 Å². The van der Waals surface area contributed by atoms with Crippen LogP contribution in [0.25, 0.3) is 0 Å². The predicted molar refractivity (Wildman–Crippen MR) is 91.6 cm³/mol. The zero-order valence-electron chi connectivity index (χ0n) is 13.4. The van der Waals surface area contributed by atoms with E-state index in [1.165, 1.54) is 11.0 Å². The minimum absolute atomic E-state index is 0.0348. The summed E-state index contributed by atoms with van der Waals surface area (Å²) in [6, 6.07) is 7.49. The van der Waals surface area contributed by atoms with E-state index in [4.69, 9.17) is 12.2 Å². The number of aromatic nitrogens is 3. The summed E-state index contributed by atoms with van der Waals surface area (Å²) in [6.07, 6.45) is 2.96. The molecule has 1 atom stereocenters. The molecule has 1 aliphatic rings. The van der Waals surface area contributed by atoms with Gasteiger partial charge in [0.15, 0.2) is 0 Å². The van der Waals surface area contributed by atoms with Crippen LogP contribution in [-0.2, 0) is 4.79 Å². The average Bonchev–Trinajstić information content (AvgIpc) is 3.00. The largest absolute Gasteiger partial charge is 0.338 e. The molecule has 2 N–H and O–H groups in total. The molecule has 8 heteroatoms. The Morgan fingerprint density at radius 1 is 1.33 bits per heavy atom. The van der Waals surface area contributed by atoms with Crippen LogP contribution in [0.3, 0.4) is 0 Å². The Balaban J connectivity index is 1.66. The summed E-state index contributed by atoms with van der Waals surface area (Å²) in [5.74, 6) is -0.453. The summed E-state index contributed by atoms with van der Waals surface area (Å²) in [7, 11) is 0. The fraction of sp³-hybridized carbons (Fsp3) is 0.375. The Morgan fingerprint density at radius 2 is 2.08 bits per heavy atom. The molecule has 1 aromatic heterocycles. The van der Waals surface area contributed by atoms with Crippen molar-refractivity contribution in [3.63, 3.8) is 0 Å². The molecule has 3 rings (SSSR count). The maximum Gasteiger partial charge on any atom is 0.253 e. The van der Waals surface area contributed by atoms with Crippen molar-refractivity contribution >= 4 is 24.0 Å². The van der Waals surface area contributed by atoms with E-state index >= 15 is 0 Å². The summed E-state index contributed by atoms with van der Waals surface area (Å²) >= 11 is 5.01. The molecule has 0 spiro atoms. The molecule has 0 unspecified atom stereocenters. The van der Waals surface area contributed by atoms with Crippen molar-refractivity contribution in [3.8, 4) is 0 Å². The molecule has 126 valence electrons. The van der Waals surface area contributed by atoms with Gasteiger partial charge in [0.1, 0.15) is 6.33 Å². The van der Waals surface area contributed by atoms with Crippen molar-refractivity contribution in [2.75, 3.05) is 18.5 Å². The number of nitrogens with zero attached hydrogens (tertiary/aromatic N) is 3. The van der Waals surface area contributed by atoms with Crippen molar-refractivity contribution in [2.45, 2.75) is 19.8 Å². The minimum atomic E-state index is -0.259. The maximum absolute atomic E-state index is 12.6. The molecule has 1 fully saturated rings. The Bertz CT molecular complexity index is 795. The Morgan fingerprint density at radius 3 is 2.75 bits per heavy atom. The molecule has 1 saturated heterocycles. The normalized spacial score (nSPS) is 17.5. The van der Waals surface area contributed by atoms with Gasteiger partial charge in [-0.25, -0.2) is 4.68 Å². The Kier molecular flexibility index (Phi) is 4.75. The smallest absolute Gasteiger partial charge is 0.253 e. The quantitative estimate of drug-likeness (QED) is 0.832. The van der Waals surface area contributed by atoms with E-state index in [2.05, 4.69) is 15.6 Å². The van der Waals surface area contributed by atoms with Crippen LogP contribution in [0.4, 0.5) is 0 Å². The summed E-state index contributed by atoms with van der Waals surface area (Å²) in [5.41, 5.74) is 4.47. The third-order valence-electron chi connectivity index (χ3n) is 4.16. The standard InChI is InChI=1S/C16H19N5O2S/c1-11-4-6-12(7-5-11)15(23)20-8-2-3-13(9-20)14(22)19-21-10-17-18-16(21)24/h4-7,10,13H,2-3,8-9H2,1H3,(H,18,24)(H,19,22)/t13-/m0/s1. The first-order chi connectivity index (χ1) is 11.5. The molecule has 1 aromatic carbocycles. The van der Waals surface area contributed by atoms with Crippen molar-refractivity contribution < 1.29 is 9.59 Å². The van der Waals surface area contributed by atoms with Gasteiger partial charge in [0.05, 0.1) is 5.92 Å². The lowest BCUT2D eigenvalue weighted by Crippen LogP contribution is -2.44. The van der Waals surface area contributed by atoms with Gasteiger partial charge in [0, 0.05) is 18.7 Å². The fourth-order valence-corrected chi connectivity index (χ4v) is 2.94. The van der Waals surface area contributed by atoms with Crippen LogP contribution in [0.15, 0.2) is 30.6 Å². The second-order valence-corrected chi connectivity index (χ2v) is 6.35. The van der Waals surface area contributed by atoms with Crippen LogP contribution in [0.1, 0.15) is 28.8 Å². The second kappa shape index (κ2) is 6.96. The van der Waals surface area contributed by atoms with Gasteiger partial charge in [0.25, 0.3) is 5.91 Å². The lowest BCUT2D eigenvalue weighted by molar-refractivity contribution is -0.122. The average molecular weight is 345 g/mol. The molecule has 1 aliphatic heterocycles. The van der Waals surface area contributed by atoms with Gasteiger partial charge >= 0.3 is 0 Å². The van der Waals surface area contributed by atoms with Gasteiger partial charge in [-0.2, -0.15) is 5.10 Å². The number of likely N-dealkylation sites (tertiary alicyclic amines) is 1. The number of benzene rings is 1. The second-order valence-electron chi connectivity index (χ2n) is 5.96. The van der Waals surface area contributed by atoms with Crippen LogP contribution in [0.5, 0.6) is 0 Å². The zero-order valence-corrected chi connectivity index (χ0v) is 14.2. The highest BCUT2D eigenvalue weighted by Gasteiger charge is 2.29. The number of H-pyrrole nitrogens is 1. The van der Waals surface area contributed by atoms with Crippen molar-refractivity contribution in [1.82, 2.24) is 19.8 Å². The molecule has 24 heavy (non-hydrogen) atoms. The van der Waals surface area contributed by atoms with E-state index in [1.807, 2.05) is 31.2 Å². The SMILES string of the molecule is Cc1ccc(C(=O)N2CCC[C@H](C(=O)Nn3cn[nH]c3=S)C2)cc1. The van der Waals surface area contributed by atoms with E-state index in [0.717, 1.165) is 18.4 Å². The monoisotopic (exact) mass is 345 g/mol. The predicted octanol–water partition coefficient (Wildman–Crippen LogP) is 1.87. The number of aromatic amines is 1. The summed E-state index contributed by atoms with van der Waals surface area (Å²) in [5, 5.41) is 6.34. The van der Waals surface area contributed by atoms with Crippen molar-refractivity contribution in [2.24, 2.45) is 5.92 Å². The molecule has 7 nitrogen and oxygen atoms in total. The highest BCUT2D eigenvalue weighted by Crippen LogP contribution is 2.19. The first-order valence-electron chi connectivity index (χ1n) is 7.83. The fourth-order valence-electron chi connectivity index (χ4n) is 2.79. The lowest BCUT2D eigenvalue weighted by Gasteiger charge is -2.32. The number of aryl methyl sites for hydroxylation is 1. The van der Waals surface area contributed by atoms with E-state index in [1.54, 1.807) is 4.90 Å². The first-order valence-corrected chi connectivity index (χ1v) is 8.24. The number of hydrogen-bond acceptors (Lipinski definition) is 4. The number of carbonyl (C=O) groups excluding carboxylic acids is 2.